The van der Waals surface area contributed by atoms with Gasteiger partial charge in [-0.1, -0.05) is 32.3 Å². The van der Waals surface area contributed by atoms with E-state index in [2.05, 4.69) is 6.92 Å². The first-order valence-electron chi connectivity index (χ1n) is 6.38. The van der Waals surface area contributed by atoms with E-state index in [1.54, 1.807) is 7.11 Å². The van der Waals surface area contributed by atoms with Crippen molar-refractivity contribution in [3.05, 3.63) is 29.3 Å². The molecule has 0 bridgehead atoms. The zero-order chi connectivity index (χ0) is 12.9. The van der Waals surface area contributed by atoms with Crippen molar-refractivity contribution in [3.8, 4) is 5.75 Å². The second kappa shape index (κ2) is 6.06. The third-order valence-electron chi connectivity index (χ3n) is 3.28. The van der Waals surface area contributed by atoms with E-state index in [0.29, 0.717) is 0 Å². The van der Waals surface area contributed by atoms with Gasteiger partial charge in [-0.3, -0.25) is 0 Å². The van der Waals surface area contributed by atoms with E-state index < -0.39 is 5.60 Å². The number of hydrogen-bond acceptors (Lipinski definition) is 2. The lowest BCUT2D eigenvalue weighted by molar-refractivity contribution is 0.0443. The van der Waals surface area contributed by atoms with Crippen LogP contribution in [0.3, 0.4) is 0 Å². The SMILES string of the molecule is CCCCCC(C)(O)c1ccc(OC)cc1C. The Labute approximate surface area is 105 Å². The Morgan fingerprint density at radius 3 is 2.53 bits per heavy atom. The van der Waals surface area contributed by atoms with E-state index in [9.17, 15) is 5.11 Å². The molecular weight excluding hydrogens is 212 g/mol. The minimum absolute atomic E-state index is 0.731. The molecular formula is C15H24O2. The van der Waals surface area contributed by atoms with Crippen LogP contribution in [-0.4, -0.2) is 12.2 Å². The summed E-state index contributed by atoms with van der Waals surface area (Å²) in [7, 11) is 1.66. The van der Waals surface area contributed by atoms with Crippen molar-refractivity contribution in [2.24, 2.45) is 0 Å². The fourth-order valence-corrected chi connectivity index (χ4v) is 2.22. The van der Waals surface area contributed by atoms with Crippen LogP contribution in [0.2, 0.25) is 0 Å². The molecule has 0 radical (unpaired) electrons. The van der Waals surface area contributed by atoms with Gasteiger partial charge in [0, 0.05) is 0 Å². The number of ether oxygens (including phenoxy) is 1. The van der Waals surface area contributed by atoms with Crippen LogP contribution < -0.4 is 4.74 Å². The third kappa shape index (κ3) is 3.74. The largest absolute Gasteiger partial charge is 0.497 e. The molecule has 0 saturated carbocycles. The Morgan fingerprint density at radius 1 is 1.29 bits per heavy atom. The monoisotopic (exact) mass is 236 g/mol. The molecule has 0 amide bonds. The predicted molar refractivity (Wildman–Crippen MR) is 71.4 cm³/mol. The maximum atomic E-state index is 10.5. The normalized spacial score (nSPS) is 14.4. The van der Waals surface area contributed by atoms with Crippen LogP contribution in [0.25, 0.3) is 0 Å². The maximum Gasteiger partial charge on any atom is 0.119 e. The van der Waals surface area contributed by atoms with Crippen LogP contribution >= 0.6 is 0 Å². The highest BCUT2D eigenvalue weighted by atomic mass is 16.5. The maximum absolute atomic E-state index is 10.5. The van der Waals surface area contributed by atoms with E-state index in [1.807, 2.05) is 32.0 Å². The Morgan fingerprint density at radius 2 is 2.00 bits per heavy atom. The second-order valence-corrected chi connectivity index (χ2v) is 4.91. The van der Waals surface area contributed by atoms with E-state index in [1.165, 1.54) is 12.8 Å². The molecule has 96 valence electrons. The zero-order valence-electron chi connectivity index (χ0n) is 11.4. The molecule has 0 aliphatic rings. The summed E-state index contributed by atoms with van der Waals surface area (Å²) in [5.74, 6) is 0.843. The van der Waals surface area contributed by atoms with Gasteiger partial charge in [0.2, 0.25) is 0 Å². The number of aryl methyl sites for hydroxylation is 1. The molecule has 1 rings (SSSR count). The molecule has 1 N–H and O–H groups in total. The predicted octanol–water partition coefficient (Wildman–Crippen LogP) is 3.79. The van der Waals surface area contributed by atoms with Crippen molar-refractivity contribution in [1.29, 1.82) is 0 Å². The van der Waals surface area contributed by atoms with Crippen molar-refractivity contribution >= 4 is 0 Å². The quantitative estimate of drug-likeness (QED) is 0.761. The minimum Gasteiger partial charge on any atom is -0.497 e. The van der Waals surface area contributed by atoms with Crippen molar-refractivity contribution in [1.82, 2.24) is 0 Å². The summed E-state index contributed by atoms with van der Waals surface area (Å²) >= 11 is 0. The van der Waals surface area contributed by atoms with Gasteiger partial charge in [-0.05, 0) is 43.5 Å². The van der Waals surface area contributed by atoms with Crippen LogP contribution in [0.15, 0.2) is 18.2 Å². The Balaban J connectivity index is 2.82. The molecule has 0 aliphatic heterocycles. The fraction of sp³-hybridized carbons (Fsp3) is 0.600. The topological polar surface area (TPSA) is 29.5 Å². The summed E-state index contributed by atoms with van der Waals surface area (Å²) in [4.78, 5) is 0. The molecule has 0 aliphatic carbocycles. The molecule has 1 aromatic rings. The van der Waals surface area contributed by atoms with Gasteiger partial charge in [0.15, 0.2) is 0 Å². The fourth-order valence-electron chi connectivity index (χ4n) is 2.22. The summed E-state index contributed by atoms with van der Waals surface area (Å²) in [6.45, 7) is 6.09. The summed E-state index contributed by atoms with van der Waals surface area (Å²) in [5.41, 5.74) is 1.37. The van der Waals surface area contributed by atoms with Gasteiger partial charge in [0.1, 0.15) is 5.75 Å². The molecule has 1 unspecified atom stereocenters. The Kier molecular flexibility index (Phi) is 5.01. The third-order valence-corrected chi connectivity index (χ3v) is 3.28. The number of methoxy groups -OCH3 is 1. The number of benzene rings is 1. The van der Waals surface area contributed by atoms with Gasteiger partial charge in [-0.2, -0.15) is 0 Å². The molecule has 0 spiro atoms. The van der Waals surface area contributed by atoms with Gasteiger partial charge in [0.25, 0.3) is 0 Å². The molecule has 1 atom stereocenters. The number of unbranched alkanes of at least 4 members (excludes halogenated alkanes) is 2. The van der Waals surface area contributed by atoms with Gasteiger partial charge in [0.05, 0.1) is 12.7 Å². The molecule has 0 heterocycles. The number of rotatable bonds is 6. The lowest BCUT2D eigenvalue weighted by atomic mass is 9.87. The molecule has 2 heteroatoms. The van der Waals surface area contributed by atoms with E-state index in [0.717, 1.165) is 29.7 Å². The summed E-state index contributed by atoms with van der Waals surface area (Å²) in [6.07, 6.45) is 4.23. The standard InChI is InChI=1S/C15H24O2/c1-5-6-7-10-15(3,16)14-9-8-13(17-4)11-12(14)2/h8-9,11,16H,5-7,10H2,1-4H3. The van der Waals surface area contributed by atoms with Crippen molar-refractivity contribution in [3.63, 3.8) is 0 Å². The van der Waals surface area contributed by atoms with E-state index in [4.69, 9.17) is 4.74 Å². The van der Waals surface area contributed by atoms with Crippen LogP contribution in [0.1, 0.15) is 50.7 Å². The Bertz CT molecular complexity index is 356. The first kappa shape index (κ1) is 14.0. The molecule has 0 aromatic heterocycles. The average Bonchev–Trinajstić information content (AvgIpc) is 2.28. The van der Waals surface area contributed by atoms with Crippen LogP contribution in [0.5, 0.6) is 5.75 Å². The van der Waals surface area contributed by atoms with Crippen LogP contribution in [-0.2, 0) is 5.60 Å². The van der Waals surface area contributed by atoms with Crippen LogP contribution in [0, 0.1) is 6.92 Å². The van der Waals surface area contributed by atoms with Gasteiger partial charge in [-0.15, -0.1) is 0 Å². The molecule has 17 heavy (non-hydrogen) atoms. The number of hydrogen-bond donors (Lipinski definition) is 1. The van der Waals surface area contributed by atoms with Crippen molar-refractivity contribution < 1.29 is 9.84 Å². The number of aliphatic hydroxyl groups is 1. The average molecular weight is 236 g/mol. The first-order valence-corrected chi connectivity index (χ1v) is 6.38. The van der Waals surface area contributed by atoms with Gasteiger partial charge >= 0.3 is 0 Å². The smallest absolute Gasteiger partial charge is 0.119 e. The van der Waals surface area contributed by atoms with E-state index in [-0.39, 0.29) is 0 Å². The summed E-state index contributed by atoms with van der Waals surface area (Å²) in [5, 5.41) is 10.5. The van der Waals surface area contributed by atoms with E-state index >= 15 is 0 Å². The highest BCUT2D eigenvalue weighted by molar-refractivity contribution is 5.37. The van der Waals surface area contributed by atoms with Gasteiger partial charge in [-0.25, -0.2) is 0 Å². The Hall–Kier alpha value is -1.02. The zero-order valence-corrected chi connectivity index (χ0v) is 11.4. The lowest BCUT2D eigenvalue weighted by Gasteiger charge is -2.26. The van der Waals surface area contributed by atoms with Crippen LogP contribution in [0.4, 0.5) is 0 Å². The van der Waals surface area contributed by atoms with Crippen molar-refractivity contribution in [2.45, 2.75) is 52.1 Å². The summed E-state index contributed by atoms with van der Waals surface area (Å²) in [6, 6.07) is 5.86. The summed E-state index contributed by atoms with van der Waals surface area (Å²) < 4.78 is 5.18. The molecule has 1 aromatic carbocycles. The van der Waals surface area contributed by atoms with Gasteiger partial charge < -0.3 is 9.84 Å². The highest BCUT2D eigenvalue weighted by Crippen LogP contribution is 2.31. The first-order chi connectivity index (χ1) is 8.01. The minimum atomic E-state index is -0.731. The van der Waals surface area contributed by atoms with Crippen molar-refractivity contribution in [2.75, 3.05) is 7.11 Å². The molecule has 2 nitrogen and oxygen atoms in total. The second-order valence-electron chi connectivity index (χ2n) is 4.91. The molecule has 0 saturated heterocycles. The highest BCUT2D eigenvalue weighted by Gasteiger charge is 2.24. The molecule has 0 fully saturated rings. The lowest BCUT2D eigenvalue weighted by Crippen LogP contribution is -2.22.